The number of hydrogen-bond acceptors (Lipinski definition) is 7. The van der Waals surface area contributed by atoms with Gasteiger partial charge in [0, 0.05) is 55.4 Å². The van der Waals surface area contributed by atoms with Crippen molar-refractivity contribution in [3.8, 4) is 22.8 Å². The van der Waals surface area contributed by atoms with Crippen molar-refractivity contribution in [2.24, 2.45) is 5.73 Å². The molecule has 3 aliphatic rings. The Morgan fingerprint density at radius 3 is 2.07 bits per heavy atom. The van der Waals surface area contributed by atoms with Crippen LogP contribution >= 0.6 is 0 Å². The number of pyridine rings is 1. The van der Waals surface area contributed by atoms with E-state index in [9.17, 15) is 9.59 Å². The zero-order valence-corrected chi connectivity index (χ0v) is 25.2. The Kier molecular flexibility index (Phi) is 8.11. The number of benzene rings is 2. The van der Waals surface area contributed by atoms with Gasteiger partial charge < -0.3 is 20.1 Å². The van der Waals surface area contributed by atoms with E-state index in [1.807, 2.05) is 87.5 Å². The van der Waals surface area contributed by atoms with Crippen molar-refractivity contribution in [2.45, 2.75) is 57.2 Å². The van der Waals surface area contributed by atoms with Gasteiger partial charge in [0.15, 0.2) is 0 Å². The van der Waals surface area contributed by atoms with E-state index in [0.29, 0.717) is 35.0 Å². The summed E-state index contributed by atoms with van der Waals surface area (Å²) in [5.74, 6) is 1.33. The molecule has 2 aromatic carbocycles. The summed E-state index contributed by atoms with van der Waals surface area (Å²) in [4.78, 5) is 36.4. The second-order valence-corrected chi connectivity index (χ2v) is 12.9. The molecule has 3 saturated heterocycles. The van der Waals surface area contributed by atoms with Crippen molar-refractivity contribution in [3.63, 3.8) is 0 Å². The molecule has 9 nitrogen and oxygen atoms in total. The molecular formula is C34H41N5O4. The number of carbonyl (C=O) groups excluding carboxylic acids is 2. The monoisotopic (exact) mass is 583 g/mol. The summed E-state index contributed by atoms with van der Waals surface area (Å²) >= 11 is 0. The molecular weight excluding hydrogens is 542 g/mol. The Bertz CT molecular complexity index is 1440. The van der Waals surface area contributed by atoms with E-state index in [1.165, 1.54) is 0 Å². The number of carbonyl (C=O) groups is 2. The van der Waals surface area contributed by atoms with E-state index in [4.69, 9.17) is 20.2 Å². The SMILES string of the molecule is CC(C)(C)OC(=O)N1CC(N2CC(N3CCC(c4ccc(C(N)=O)c(-c5ccc(Oc6ccccc6)cc5)n4)CC3)C2)C1. The lowest BCUT2D eigenvalue weighted by Crippen LogP contribution is -2.70. The lowest BCUT2D eigenvalue weighted by Gasteiger charge is -2.54. The highest BCUT2D eigenvalue weighted by Crippen LogP contribution is 2.34. The Labute approximate surface area is 253 Å². The van der Waals surface area contributed by atoms with E-state index in [0.717, 1.165) is 69.1 Å². The van der Waals surface area contributed by atoms with Crippen LogP contribution in [0.4, 0.5) is 4.79 Å². The lowest BCUT2D eigenvalue weighted by molar-refractivity contribution is -0.0612. The van der Waals surface area contributed by atoms with Crippen molar-refractivity contribution in [1.82, 2.24) is 19.7 Å². The van der Waals surface area contributed by atoms with Gasteiger partial charge in [0.2, 0.25) is 0 Å². The van der Waals surface area contributed by atoms with Crippen LogP contribution in [0.25, 0.3) is 11.3 Å². The van der Waals surface area contributed by atoms with Crippen LogP contribution in [0, 0.1) is 0 Å². The fourth-order valence-electron chi connectivity index (χ4n) is 6.17. The third-order valence-electron chi connectivity index (χ3n) is 8.67. The predicted octanol–water partition coefficient (Wildman–Crippen LogP) is 5.12. The number of nitrogens with two attached hydrogens (primary N) is 1. The fourth-order valence-corrected chi connectivity index (χ4v) is 6.17. The molecule has 0 aliphatic carbocycles. The summed E-state index contributed by atoms with van der Waals surface area (Å²) in [5.41, 5.74) is 8.17. The number of hydrogen-bond donors (Lipinski definition) is 1. The van der Waals surface area contributed by atoms with Crippen LogP contribution in [-0.4, -0.2) is 88.6 Å². The van der Waals surface area contributed by atoms with Crippen molar-refractivity contribution in [3.05, 3.63) is 78.0 Å². The van der Waals surface area contributed by atoms with E-state index in [1.54, 1.807) is 4.90 Å². The van der Waals surface area contributed by atoms with Gasteiger partial charge in [-0.05, 0) is 95.2 Å². The minimum Gasteiger partial charge on any atom is -0.457 e. The Morgan fingerprint density at radius 1 is 0.814 bits per heavy atom. The van der Waals surface area contributed by atoms with Crippen molar-refractivity contribution < 1.29 is 19.1 Å². The molecule has 1 aromatic heterocycles. The minimum atomic E-state index is -0.483. The number of nitrogens with zero attached hydrogens (tertiary/aromatic N) is 4. The van der Waals surface area contributed by atoms with Gasteiger partial charge in [-0.1, -0.05) is 18.2 Å². The molecule has 0 bridgehead atoms. The topological polar surface area (TPSA) is 101 Å². The number of primary amides is 1. The van der Waals surface area contributed by atoms with Crippen LogP contribution in [0.5, 0.6) is 11.5 Å². The van der Waals surface area contributed by atoms with E-state index >= 15 is 0 Å². The van der Waals surface area contributed by atoms with Gasteiger partial charge in [0.1, 0.15) is 17.1 Å². The van der Waals surface area contributed by atoms with Crippen LogP contribution < -0.4 is 10.5 Å². The Hall–Kier alpha value is -3.95. The summed E-state index contributed by atoms with van der Waals surface area (Å²) in [6.07, 6.45) is 1.84. The first-order valence-electron chi connectivity index (χ1n) is 15.2. The number of ether oxygens (including phenoxy) is 2. The molecule has 3 fully saturated rings. The van der Waals surface area contributed by atoms with Crippen molar-refractivity contribution in [2.75, 3.05) is 39.3 Å². The predicted molar refractivity (Wildman–Crippen MR) is 165 cm³/mol. The molecule has 0 saturated carbocycles. The first-order valence-corrected chi connectivity index (χ1v) is 15.2. The molecule has 6 rings (SSSR count). The second kappa shape index (κ2) is 12.0. The number of para-hydroxylation sites is 1. The van der Waals surface area contributed by atoms with Crippen molar-refractivity contribution >= 4 is 12.0 Å². The third kappa shape index (κ3) is 6.68. The number of rotatable bonds is 7. The summed E-state index contributed by atoms with van der Waals surface area (Å²) in [6, 6.07) is 22.1. The van der Waals surface area contributed by atoms with E-state index in [-0.39, 0.29) is 6.09 Å². The van der Waals surface area contributed by atoms with Crippen LogP contribution in [0.1, 0.15) is 55.6 Å². The van der Waals surface area contributed by atoms with Gasteiger partial charge in [-0.15, -0.1) is 0 Å². The van der Waals surface area contributed by atoms with Crippen LogP contribution in [-0.2, 0) is 4.74 Å². The molecule has 3 aromatic rings. The molecule has 0 spiro atoms. The molecule has 43 heavy (non-hydrogen) atoms. The van der Waals surface area contributed by atoms with Gasteiger partial charge in [-0.25, -0.2) is 4.79 Å². The zero-order valence-electron chi connectivity index (χ0n) is 25.2. The highest BCUT2D eigenvalue weighted by atomic mass is 16.6. The molecule has 0 unspecified atom stereocenters. The van der Waals surface area contributed by atoms with Gasteiger partial charge in [-0.3, -0.25) is 19.6 Å². The fraction of sp³-hybridized carbons (Fsp3) is 0.441. The van der Waals surface area contributed by atoms with Gasteiger partial charge in [0.25, 0.3) is 5.91 Å². The van der Waals surface area contributed by atoms with E-state index < -0.39 is 11.5 Å². The first kappa shape index (κ1) is 29.1. The molecule has 3 aliphatic heterocycles. The average Bonchev–Trinajstić information content (AvgIpc) is 2.93. The molecule has 4 heterocycles. The largest absolute Gasteiger partial charge is 0.457 e. The normalized spacial score (nSPS) is 19.0. The molecule has 2 amide bonds. The lowest BCUT2D eigenvalue weighted by atomic mass is 9.89. The Balaban J connectivity index is 1.02. The van der Waals surface area contributed by atoms with E-state index in [2.05, 4.69) is 9.80 Å². The summed E-state index contributed by atoms with van der Waals surface area (Å²) in [5, 5.41) is 0. The molecule has 2 N–H and O–H groups in total. The summed E-state index contributed by atoms with van der Waals surface area (Å²) in [6.45, 7) is 11.4. The second-order valence-electron chi connectivity index (χ2n) is 12.9. The Morgan fingerprint density at radius 2 is 1.44 bits per heavy atom. The molecule has 226 valence electrons. The zero-order chi connectivity index (χ0) is 30.1. The number of aromatic nitrogens is 1. The van der Waals surface area contributed by atoms with Gasteiger partial charge in [-0.2, -0.15) is 0 Å². The highest BCUT2D eigenvalue weighted by Gasteiger charge is 2.43. The average molecular weight is 584 g/mol. The maximum Gasteiger partial charge on any atom is 0.410 e. The number of amides is 2. The standard InChI is InChI=1S/C34H41N5O4/c1-34(2,3)43-33(41)39-21-26(22-39)38-19-25(20-38)37-17-15-23(16-18-37)30-14-13-29(32(35)40)31(36-30)24-9-11-28(12-10-24)42-27-7-5-4-6-8-27/h4-14,23,25-26H,15-22H2,1-3H3,(H2,35,40). The first-order chi connectivity index (χ1) is 20.6. The maximum atomic E-state index is 12.3. The van der Waals surface area contributed by atoms with Crippen LogP contribution in [0.2, 0.25) is 0 Å². The molecule has 9 heteroatoms. The van der Waals surface area contributed by atoms with Gasteiger partial charge >= 0.3 is 6.09 Å². The maximum absolute atomic E-state index is 12.3. The third-order valence-corrected chi connectivity index (χ3v) is 8.67. The van der Waals surface area contributed by atoms with Crippen molar-refractivity contribution in [1.29, 1.82) is 0 Å². The highest BCUT2D eigenvalue weighted by molar-refractivity contribution is 5.98. The number of piperidine rings is 1. The summed E-state index contributed by atoms with van der Waals surface area (Å²) < 4.78 is 11.4. The smallest absolute Gasteiger partial charge is 0.410 e. The quantitative estimate of drug-likeness (QED) is 0.412. The van der Waals surface area contributed by atoms with Gasteiger partial charge in [0.05, 0.1) is 11.3 Å². The minimum absolute atomic E-state index is 0.211. The molecule has 0 radical (unpaired) electrons. The van der Waals surface area contributed by atoms with Crippen LogP contribution in [0.3, 0.4) is 0 Å². The summed E-state index contributed by atoms with van der Waals surface area (Å²) in [7, 11) is 0. The molecule has 0 atom stereocenters. The number of likely N-dealkylation sites (tertiary alicyclic amines) is 3. The van der Waals surface area contributed by atoms with Crippen LogP contribution in [0.15, 0.2) is 66.7 Å².